The fraction of sp³-hybridized carbons (Fsp3) is 0.687. The van der Waals surface area contributed by atoms with E-state index in [-0.39, 0.29) is 182 Å². The van der Waals surface area contributed by atoms with Gasteiger partial charge in [0.1, 0.15) is 81.5 Å². The summed E-state index contributed by atoms with van der Waals surface area (Å²) in [6.45, 7) is 62.1. The largest absolute Gasteiger partial charge is 1.00 e. The van der Waals surface area contributed by atoms with Crippen LogP contribution in [0.2, 0.25) is 0 Å². The Labute approximate surface area is 974 Å². The van der Waals surface area contributed by atoms with Gasteiger partial charge in [-0.3, -0.25) is 68.0 Å². The third-order valence-corrected chi connectivity index (χ3v) is 22.3. The third kappa shape index (κ3) is 49.8. The Morgan fingerprint density at radius 3 is 1.20 bits per heavy atom. The number of aryl methyl sites for hydroxylation is 5. The molecule has 5 aliphatic rings. The summed E-state index contributed by atoms with van der Waals surface area (Å²) in [5.74, 6) is 5.62. The number of rotatable bonds is 19. The van der Waals surface area contributed by atoms with Crippen LogP contribution in [0, 0.1) is 24.7 Å². The summed E-state index contributed by atoms with van der Waals surface area (Å²) in [6.07, 6.45) is 7.81. The van der Waals surface area contributed by atoms with Crippen molar-refractivity contribution >= 4 is 116 Å². The number of Topliss-reactive ketones (excluding diaryl/α,β-unsaturated/α-hetero) is 3. The third-order valence-electron chi connectivity index (χ3n) is 21.9. The number of hydrogen-bond donors (Lipinski definition) is 8. The van der Waals surface area contributed by atoms with Gasteiger partial charge in [0.25, 0.3) is 6.47 Å². The van der Waals surface area contributed by atoms with Gasteiger partial charge in [-0.2, -0.15) is 23.7 Å². The van der Waals surface area contributed by atoms with Crippen molar-refractivity contribution in [3.8, 4) is 11.4 Å². The van der Waals surface area contributed by atoms with Crippen molar-refractivity contribution in [3.63, 3.8) is 0 Å². The van der Waals surface area contributed by atoms with Crippen molar-refractivity contribution in [1.29, 1.82) is 0 Å². The van der Waals surface area contributed by atoms with Crippen molar-refractivity contribution in [2.45, 2.75) is 356 Å². The van der Waals surface area contributed by atoms with E-state index < -0.39 is 86.7 Å². The Bertz CT molecular complexity index is 5490. The van der Waals surface area contributed by atoms with E-state index in [1.54, 1.807) is 126 Å². The predicted molar refractivity (Wildman–Crippen MR) is 554 cm³/mol. The van der Waals surface area contributed by atoms with E-state index >= 15 is 0 Å². The first kappa shape index (κ1) is 141. The van der Waals surface area contributed by atoms with E-state index in [2.05, 4.69) is 104 Å². The number of carbonyl (C=O) groups excluding carboxylic acids is 12. The molecule has 0 bridgehead atoms. The number of hydrazine groups is 1. The second-order valence-electron chi connectivity index (χ2n) is 41.8. The smallest absolute Gasteiger partial charge is 1.00 e. The maximum atomic E-state index is 13.7. The Hall–Kier alpha value is -8.72. The van der Waals surface area contributed by atoms with E-state index in [1.165, 1.54) is 39.4 Å². The van der Waals surface area contributed by atoms with Gasteiger partial charge >= 0.3 is 150 Å². The number of alkyl carbamates (subject to hydrolysis) is 2. The molecule has 0 spiro atoms. The molecule has 4 unspecified atom stereocenters. The zero-order chi connectivity index (χ0) is 114. The number of carbonyl (C=O) groups is 13. The molecule has 836 valence electrons. The minimum Gasteiger partial charge on any atom is -1.00 e. The molecule has 6 aromatic heterocycles. The van der Waals surface area contributed by atoms with Crippen LogP contribution in [0.1, 0.15) is 315 Å². The van der Waals surface area contributed by atoms with E-state index in [9.17, 15) is 57.5 Å². The van der Waals surface area contributed by atoms with E-state index in [4.69, 9.17) is 78.0 Å². The number of nitrogens with two attached hydrogens (primary N) is 1. The van der Waals surface area contributed by atoms with Crippen LogP contribution in [0.4, 0.5) is 29.8 Å². The van der Waals surface area contributed by atoms with E-state index in [1.807, 2.05) is 119 Å². The van der Waals surface area contributed by atoms with Gasteiger partial charge in [-0.15, -0.1) is 0 Å². The second kappa shape index (κ2) is 65.2. The Balaban J connectivity index is 0. The number of nitrogens with one attached hydrogen (secondary N) is 4. The molecule has 0 aromatic carbocycles. The number of carboxylic acid groups (broad SMARTS) is 1. The SMILES string of the molecule is CC(C)(C)OC(=O)N1CCC(=O)CC1.CC(C)C(=O)C1CN(C(=O)OC(C)(C)C)CCC1=O.CC(C)C(=O)Cl.CC(C)c1nn(C)c2c1CN(C(=O)OC(C)(C)C)CC2.CCC(NC(=O)OC(C)(C)C)C(=O)N1CCc2c(c(C(C)C)nn2C)C1.CCC(NC(=O)OC(C)(C)C)C(=O)O.CCC(Nc1ncnc2c1nc(-c1cnc(C)nc1)n2CC)C(=O)N1CCc2c(c(C(C)C)nn2C)C1.CNN.O=CO[O-].O=S(=O)(O)O.[H-].[K+].[K+]. The first-order chi connectivity index (χ1) is 68.3. The summed E-state index contributed by atoms with van der Waals surface area (Å²) in [5, 5.41) is 39.1. The van der Waals surface area contributed by atoms with Gasteiger partial charge in [0.2, 0.25) is 17.1 Å². The van der Waals surface area contributed by atoms with Crippen LogP contribution in [0.5, 0.6) is 0 Å². The van der Waals surface area contributed by atoms with Gasteiger partial charge in [-0.1, -0.05) is 90.0 Å². The first-order valence-electron chi connectivity index (χ1n) is 49.5. The molecule has 2 saturated heterocycles. The number of ether oxygens (including phenoxy) is 5. The number of nitrogens with zero attached hydrogens (tertiary/aromatic N) is 17. The summed E-state index contributed by atoms with van der Waals surface area (Å²) in [7, 11) is 2.92. The molecule has 7 amide bonds. The van der Waals surface area contributed by atoms with Crippen molar-refractivity contribution in [1.82, 2.24) is 99.4 Å². The first-order valence-corrected chi connectivity index (χ1v) is 51.3. The summed E-state index contributed by atoms with van der Waals surface area (Å²) < 4.78 is 65.6. The quantitative estimate of drug-likeness (QED) is 0.00515. The molecule has 51 heteroatoms. The molecule has 47 nitrogen and oxygen atoms in total. The van der Waals surface area contributed by atoms with Crippen LogP contribution in [-0.2, 0) is 144 Å². The average molecular weight is 2210 g/mol. The topological polar surface area (TPSA) is 608 Å². The molecule has 0 aliphatic carbocycles. The molecular formula is C99H165ClK2N22O25S. The molecule has 6 aromatic rings. The summed E-state index contributed by atoms with van der Waals surface area (Å²) in [5.41, 5.74) is 12.1. The molecule has 11 heterocycles. The number of likely N-dealkylation sites (tertiary alicyclic amines) is 2. The van der Waals surface area contributed by atoms with Crippen molar-refractivity contribution in [2.24, 2.45) is 44.7 Å². The number of hydrogen-bond acceptors (Lipinski definition) is 33. The number of carboxylic acids is 1. The van der Waals surface area contributed by atoms with E-state index in [0.717, 1.165) is 53.3 Å². The zero-order valence-electron chi connectivity index (χ0n) is 95.9. The fourth-order valence-corrected chi connectivity index (χ4v) is 14.9. The molecule has 0 saturated carbocycles. The molecular weight excluding hydrogens is 2040 g/mol. The molecule has 4 atom stereocenters. The summed E-state index contributed by atoms with van der Waals surface area (Å²) in [6, 6.07) is -1.90. The number of amides is 7. The van der Waals surface area contributed by atoms with Crippen molar-refractivity contribution < 1.29 is 223 Å². The Morgan fingerprint density at radius 2 is 0.867 bits per heavy atom. The molecule has 5 aliphatic heterocycles. The summed E-state index contributed by atoms with van der Waals surface area (Å²) in [4.78, 5) is 183. The number of piperidine rings is 2. The second-order valence-corrected chi connectivity index (χ2v) is 43.1. The van der Waals surface area contributed by atoms with Gasteiger partial charge in [0.15, 0.2) is 17.0 Å². The molecule has 9 N–H and O–H groups in total. The van der Waals surface area contributed by atoms with Gasteiger partial charge in [0, 0.05) is 183 Å². The maximum Gasteiger partial charge on any atom is 1.00 e. The average Bonchev–Trinajstić information content (AvgIpc) is 1.63. The van der Waals surface area contributed by atoms with Crippen LogP contribution in [0.25, 0.3) is 22.6 Å². The van der Waals surface area contributed by atoms with Crippen LogP contribution in [0.15, 0.2) is 18.7 Å². The standard InChI is InChI=1S/C26H34N10O.C19H32N4O3.C15H25N3O2.C14H23NO4.C10H17NO3.C9H17NO4.C4H7ClO.CH6N2.CH2O3.2K.H2O4S.H/c1-7-19(26(37)35-10-9-20-18(13-35)21(15(3)4)33-34(20)6)31-23-22-25(30-14-29-23)36(8-2)24(32-22)17-11-27-16(5)28-12-17;1-8-14(20-18(25)26-19(4,5)6)17(24)23-10-9-15-13(11-23)16(12(2)3)21-22(15)7;1-10(2)13-11-9-18(14(19)20-15(3,4)5)8-7-12(11)17(6)16-13;1-9(2)12(17)10-8-15(7-6-11(10)16)13(18)19-14(3,4)5;1-10(2,3)14-9(13)11-6-4-8(12)5-7-11;1-5-6(7(11)12)10-8(13)14-9(2,3)4;1-3(2)4(5)6;1-3-2;2-1-4-3;;;1-5(2,3)4;/h11-12,14-15,19H,7-10,13H2,1-6H3,(H,29,30,31);12,14H,8-11H2,1-7H3,(H,20,25);10H,7-9H2,1-6H3;9-10H,6-8H2,1-5H3;4-7H2,1-3H3;6H,5H2,1-4H3,(H,10,13)(H,11,12);3H,1-2H3;3H,2H2,1H3;1,3H;;;(H2,1,2,3,4);/q;;;;;;;;;2*+1;;-1/p-1. The number of ketones is 3. The fourth-order valence-electron chi connectivity index (χ4n) is 14.9. The Kier molecular flexibility index (Phi) is 61.4. The van der Waals surface area contributed by atoms with Gasteiger partial charge in [-0.25, -0.2) is 53.7 Å². The van der Waals surface area contributed by atoms with Crippen molar-refractivity contribution in [2.75, 3.05) is 58.2 Å². The number of aliphatic carboxylic acids is 1. The number of aromatic nitrogens is 12. The Morgan fingerprint density at radius 1 is 0.533 bits per heavy atom. The molecule has 11 rings (SSSR count). The molecule has 150 heavy (non-hydrogen) atoms. The predicted octanol–water partition coefficient (Wildman–Crippen LogP) is 6.20. The minimum absolute atomic E-state index is 0. The zero-order valence-corrected chi connectivity index (χ0v) is 103. The van der Waals surface area contributed by atoms with Crippen molar-refractivity contribution in [3.05, 3.63) is 75.4 Å². The van der Waals surface area contributed by atoms with Gasteiger partial charge in [-0.05, 0) is 173 Å². The van der Waals surface area contributed by atoms with Crippen LogP contribution < -0.4 is 135 Å². The monoisotopic (exact) mass is 2210 g/mol. The van der Waals surface area contributed by atoms with Gasteiger partial charge < -0.3 is 85.4 Å². The van der Waals surface area contributed by atoms with Crippen LogP contribution in [-0.4, -0.2) is 282 Å². The molecule has 0 radical (unpaired) electrons. The number of anilines is 1. The molecule has 2 fully saturated rings. The minimum atomic E-state index is -4.67. The number of halogens is 1. The van der Waals surface area contributed by atoms with Crippen LogP contribution >= 0.6 is 11.6 Å². The van der Waals surface area contributed by atoms with Crippen LogP contribution in [0.3, 0.4) is 0 Å². The number of fused-ring (bicyclic) bond motifs is 4. The maximum absolute atomic E-state index is 13.7. The summed E-state index contributed by atoms with van der Waals surface area (Å²) >= 11 is 4.97. The normalized spacial score (nSPS) is 14.9. The van der Waals surface area contributed by atoms with E-state index in [0.29, 0.717) is 138 Å². The number of imidazole rings is 1. The van der Waals surface area contributed by atoms with Gasteiger partial charge in [0.05, 0.1) is 35.1 Å².